The van der Waals surface area contributed by atoms with E-state index in [9.17, 15) is 0 Å². The van der Waals surface area contributed by atoms with Gasteiger partial charge >= 0.3 is 0 Å². The van der Waals surface area contributed by atoms with Gasteiger partial charge in [-0.3, -0.25) is 0 Å². The maximum atomic E-state index is 5.27. The van der Waals surface area contributed by atoms with Gasteiger partial charge in [-0.2, -0.15) is 0 Å². The number of fused-ring (bicyclic) bond motifs is 1. The molecule has 1 unspecified atom stereocenters. The van der Waals surface area contributed by atoms with Gasteiger partial charge in [0.25, 0.3) is 0 Å². The molecule has 1 aliphatic rings. The minimum atomic E-state index is 0.479. The van der Waals surface area contributed by atoms with Crippen molar-refractivity contribution in [2.24, 2.45) is 0 Å². The fourth-order valence-electron chi connectivity index (χ4n) is 2.76. The summed E-state index contributed by atoms with van der Waals surface area (Å²) in [4.78, 5) is 1.53. The molecule has 1 aromatic carbocycles. The summed E-state index contributed by atoms with van der Waals surface area (Å²) in [5, 5.41) is 3.69. The average Bonchev–Trinajstić information content (AvgIpc) is 2.86. The highest BCUT2D eigenvalue weighted by Crippen LogP contribution is 2.38. The van der Waals surface area contributed by atoms with E-state index in [1.165, 1.54) is 39.1 Å². The molecule has 0 saturated heterocycles. The van der Waals surface area contributed by atoms with Crippen LogP contribution in [0, 0.1) is 0 Å². The van der Waals surface area contributed by atoms with E-state index in [1.54, 1.807) is 7.11 Å². The number of hydrogen-bond acceptors (Lipinski definition) is 3. The first-order chi connectivity index (χ1) is 9.76. The van der Waals surface area contributed by atoms with Crippen molar-refractivity contribution in [1.82, 2.24) is 5.32 Å². The molecular formula is C16H18BrNOS. The summed E-state index contributed by atoms with van der Waals surface area (Å²) in [5.74, 6) is 0.923. The maximum absolute atomic E-state index is 5.27. The van der Waals surface area contributed by atoms with Gasteiger partial charge < -0.3 is 10.1 Å². The van der Waals surface area contributed by atoms with Crippen molar-refractivity contribution in [3.8, 4) is 5.75 Å². The van der Waals surface area contributed by atoms with E-state index < -0.39 is 0 Å². The van der Waals surface area contributed by atoms with Crippen molar-refractivity contribution >= 4 is 27.3 Å². The quantitative estimate of drug-likeness (QED) is 0.862. The van der Waals surface area contributed by atoms with E-state index in [4.69, 9.17) is 4.74 Å². The molecule has 0 saturated carbocycles. The van der Waals surface area contributed by atoms with Crippen LogP contribution in [-0.4, -0.2) is 7.11 Å². The maximum Gasteiger partial charge on any atom is 0.119 e. The Balaban J connectivity index is 1.69. The topological polar surface area (TPSA) is 21.3 Å². The fourth-order valence-corrected chi connectivity index (χ4v) is 4.58. The number of nitrogens with one attached hydrogen (secondary N) is 1. The number of halogens is 1. The first kappa shape index (κ1) is 14.1. The van der Waals surface area contributed by atoms with E-state index in [2.05, 4.69) is 39.4 Å². The van der Waals surface area contributed by atoms with Crippen LogP contribution in [-0.2, 0) is 13.0 Å². The predicted molar refractivity (Wildman–Crippen MR) is 87.5 cm³/mol. The third-order valence-corrected chi connectivity index (χ3v) is 5.48. The second kappa shape index (κ2) is 6.29. The van der Waals surface area contributed by atoms with Crippen LogP contribution >= 0.6 is 27.3 Å². The molecule has 0 bridgehead atoms. The normalized spacial score (nSPS) is 17.8. The summed E-state index contributed by atoms with van der Waals surface area (Å²) in [6.45, 7) is 0.884. The summed E-state index contributed by atoms with van der Waals surface area (Å²) in [6, 6.07) is 11.0. The molecule has 2 nitrogen and oxygen atoms in total. The second-order valence-corrected chi connectivity index (χ2v) is 7.62. The smallest absolute Gasteiger partial charge is 0.119 e. The molecule has 1 aliphatic carbocycles. The molecule has 4 heteroatoms. The molecule has 0 spiro atoms. The van der Waals surface area contributed by atoms with Crippen molar-refractivity contribution in [2.75, 3.05) is 7.11 Å². The Bertz CT molecular complexity index is 596. The molecule has 1 aromatic heterocycles. The van der Waals surface area contributed by atoms with Crippen LogP contribution in [0.5, 0.6) is 5.75 Å². The van der Waals surface area contributed by atoms with Crippen LogP contribution in [0.2, 0.25) is 0 Å². The van der Waals surface area contributed by atoms with Crippen molar-refractivity contribution in [1.29, 1.82) is 0 Å². The van der Waals surface area contributed by atoms with Gasteiger partial charge in [-0.05, 0) is 64.5 Å². The van der Waals surface area contributed by atoms with Gasteiger partial charge in [0.2, 0.25) is 0 Å². The van der Waals surface area contributed by atoms with Gasteiger partial charge in [-0.15, -0.1) is 11.3 Å². The standard InChI is InChI=1S/C16H18BrNOS/c1-19-12-5-2-4-11(8-12)10-18-14-6-3-7-15-13(14)9-16(17)20-15/h2,4-5,8-9,14,18H,3,6-7,10H2,1H3. The summed E-state index contributed by atoms with van der Waals surface area (Å²) in [6.07, 6.45) is 3.72. The molecule has 20 heavy (non-hydrogen) atoms. The Hall–Kier alpha value is -0.840. The van der Waals surface area contributed by atoms with Crippen LogP contribution in [0.3, 0.4) is 0 Å². The Morgan fingerprint density at radius 2 is 2.30 bits per heavy atom. The highest BCUT2D eigenvalue weighted by atomic mass is 79.9. The first-order valence-corrected chi connectivity index (χ1v) is 8.51. The largest absolute Gasteiger partial charge is 0.497 e. The lowest BCUT2D eigenvalue weighted by molar-refractivity contribution is 0.413. The van der Waals surface area contributed by atoms with Crippen LogP contribution < -0.4 is 10.1 Å². The second-order valence-electron chi connectivity index (χ2n) is 5.11. The number of methoxy groups -OCH3 is 1. The molecular weight excluding hydrogens is 334 g/mol. The Kier molecular flexibility index (Phi) is 4.44. The Labute approximate surface area is 132 Å². The summed E-state index contributed by atoms with van der Waals surface area (Å²) < 4.78 is 6.52. The van der Waals surface area contributed by atoms with Crippen LogP contribution in [0.4, 0.5) is 0 Å². The van der Waals surface area contributed by atoms with E-state index in [1.807, 2.05) is 23.5 Å². The fraction of sp³-hybridized carbons (Fsp3) is 0.375. The Morgan fingerprint density at radius 1 is 1.40 bits per heavy atom. The molecule has 106 valence electrons. The van der Waals surface area contributed by atoms with Gasteiger partial charge in [-0.1, -0.05) is 12.1 Å². The third-order valence-electron chi connectivity index (χ3n) is 3.77. The minimum Gasteiger partial charge on any atom is -0.497 e. The van der Waals surface area contributed by atoms with Crippen LogP contribution in [0.15, 0.2) is 34.1 Å². The first-order valence-electron chi connectivity index (χ1n) is 6.90. The zero-order valence-corrected chi connectivity index (χ0v) is 13.9. The average molecular weight is 352 g/mol. The molecule has 0 amide bonds. The lowest BCUT2D eigenvalue weighted by Crippen LogP contribution is -2.23. The minimum absolute atomic E-state index is 0.479. The van der Waals surface area contributed by atoms with Crippen molar-refractivity contribution < 1.29 is 4.74 Å². The highest BCUT2D eigenvalue weighted by Gasteiger charge is 2.22. The van der Waals surface area contributed by atoms with Crippen molar-refractivity contribution in [2.45, 2.75) is 31.8 Å². The summed E-state index contributed by atoms with van der Waals surface area (Å²) in [7, 11) is 1.71. The SMILES string of the molecule is COc1cccc(CNC2CCCc3sc(Br)cc32)c1. The molecule has 1 heterocycles. The highest BCUT2D eigenvalue weighted by molar-refractivity contribution is 9.11. The number of rotatable bonds is 4. The van der Waals surface area contributed by atoms with Crippen LogP contribution in [0.25, 0.3) is 0 Å². The third kappa shape index (κ3) is 3.08. The van der Waals surface area contributed by atoms with Crippen molar-refractivity contribution in [3.63, 3.8) is 0 Å². The summed E-state index contributed by atoms with van der Waals surface area (Å²) in [5.41, 5.74) is 2.75. The molecule has 0 aliphatic heterocycles. The van der Waals surface area contributed by atoms with Gasteiger partial charge in [0.1, 0.15) is 5.75 Å². The predicted octanol–water partition coefficient (Wildman–Crippen LogP) is 4.69. The van der Waals surface area contributed by atoms with Gasteiger partial charge in [0.05, 0.1) is 10.9 Å². The molecule has 1 atom stereocenters. The monoisotopic (exact) mass is 351 g/mol. The number of hydrogen-bond donors (Lipinski definition) is 1. The van der Waals surface area contributed by atoms with E-state index >= 15 is 0 Å². The summed E-state index contributed by atoms with van der Waals surface area (Å²) >= 11 is 5.49. The van der Waals surface area contributed by atoms with Crippen molar-refractivity contribution in [3.05, 3.63) is 50.1 Å². The number of thiophene rings is 1. The lowest BCUT2D eigenvalue weighted by atomic mass is 9.94. The lowest BCUT2D eigenvalue weighted by Gasteiger charge is -2.23. The van der Waals surface area contributed by atoms with E-state index in [0.29, 0.717) is 6.04 Å². The molecule has 3 rings (SSSR count). The van der Waals surface area contributed by atoms with E-state index in [-0.39, 0.29) is 0 Å². The van der Waals surface area contributed by atoms with Gasteiger partial charge in [0, 0.05) is 17.5 Å². The van der Waals surface area contributed by atoms with Gasteiger partial charge in [0.15, 0.2) is 0 Å². The van der Waals surface area contributed by atoms with Gasteiger partial charge in [-0.25, -0.2) is 0 Å². The number of ether oxygens (including phenoxy) is 1. The number of benzene rings is 1. The van der Waals surface area contributed by atoms with E-state index in [0.717, 1.165) is 12.3 Å². The zero-order chi connectivity index (χ0) is 13.9. The molecule has 0 fully saturated rings. The molecule has 0 radical (unpaired) electrons. The molecule has 2 aromatic rings. The number of aryl methyl sites for hydroxylation is 1. The Morgan fingerprint density at radius 3 is 3.15 bits per heavy atom. The molecule has 1 N–H and O–H groups in total. The van der Waals surface area contributed by atoms with Crippen LogP contribution in [0.1, 0.15) is 34.9 Å². The zero-order valence-electron chi connectivity index (χ0n) is 11.5.